The molecule has 270 valence electrons. The van der Waals surface area contributed by atoms with Gasteiger partial charge in [-0.1, -0.05) is 46.5 Å². The van der Waals surface area contributed by atoms with Crippen LogP contribution in [0.2, 0.25) is 0 Å². The van der Waals surface area contributed by atoms with Gasteiger partial charge in [-0.05, 0) is 94.3 Å². The van der Waals surface area contributed by atoms with E-state index in [1.54, 1.807) is 13.8 Å². The normalized spacial score (nSPS) is 46.9. The number of Topliss-reactive ketones (excluding diaryl/α,β-unsaturated/α-hetero) is 1. The van der Waals surface area contributed by atoms with E-state index in [1.165, 1.54) is 19.3 Å². The van der Waals surface area contributed by atoms with Crippen LogP contribution in [-0.4, -0.2) is 109 Å². The number of ketones is 1. The van der Waals surface area contributed by atoms with Crippen LogP contribution in [0.3, 0.4) is 0 Å². The second-order valence-electron chi connectivity index (χ2n) is 16.8. The van der Waals surface area contributed by atoms with Gasteiger partial charge in [-0.15, -0.1) is 0 Å². The number of rotatable bonds is 12. The topological polar surface area (TPSA) is 180 Å². The van der Waals surface area contributed by atoms with Crippen LogP contribution >= 0.6 is 0 Å². The Balaban J connectivity index is 1.50. The van der Waals surface area contributed by atoms with Gasteiger partial charge in [0, 0.05) is 23.9 Å². The Hall–Kier alpha value is -0.980. The highest BCUT2D eigenvalue weighted by molar-refractivity contribution is 6.42. The van der Waals surface area contributed by atoms with Gasteiger partial charge in [-0.3, -0.25) is 9.79 Å². The molecule has 5 fully saturated rings. The van der Waals surface area contributed by atoms with Crippen molar-refractivity contribution in [1.82, 2.24) is 0 Å². The zero-order valence-corrected chi connectivity index (χ0v) is 29.4. The maximum atomic E-state index is 14.3. The fourth-order valence-electron chi connectivity index (χ4n) is 11.5. The quantitative estimate of drug-likeness (QED) is 0.154. The summed E-state index contributed by atoms with van der Waals surface area (Å²) in [5.41, 5.74) is -4.72. The van der Waals surface area contributed by atoms with Gasteiger partial charge in [-0.2, -0.15) is 0 Å². The molecule has 0 spiro atoms. The Morgan fingerprint density at radius 1 is 1.11 bits per heavy atom. The highest BCUT2D eigenvalue weighted by Gasteiger charge is 2.74. The van der Waals surface area contributed by atoms with Crippen LogP contribution in [0.25, 0.3) is 0 Å². The van der Waals surface area contributed by atoms with Crippen molar-refractivity contribution in [2.24, 2.45) is 51.3 Å². The number of aliphatic hydroxyl groups is 7. The van der Waals surface area contributed by atoms with Gasteiger partial charge in [0.15, 0.2) is 5.78 Å². The van der Waals surface area contributed by atoms with E-state index in [1.807, 2.05) is 6.92 Å². The zero-order chi connectivity index (χ0) is 34.5. The van der Waals surface area contributed by atoms with Crippen LogP contribution < -0.4 is 0 Å². The third-order valence-electron chi connectivity index (χ3n) is 14.1. The van der Waals surface area contributed by atoms with Crippen LogP contribution in [0.4, 0.5) is 0 Å². The summed E-state index contributed by atoms with van der Waals surface area (Å²) in [7, 11) is 0. The summed E-state index contributed by atoms with van der Waals surface area (Å²) in [6.07, 6.45) is 3.19. The number of unbranched alkanes of at least 4 members (excludes halogenated alkanes) is 3. The van der Waals surface area contributed by atoms with E-state index in [0.29, 0.717) is 31.8 Å². The van der Waals surface area contributed by atoms with E-state index in [2.05, 4.69) is 18.8 Å². The molecule has 0 bridgehead atoms. The van der Waals surface area contributed by atoms with Gasteiger partial charge < -0.3 is 40.5 Å². The van der Waals surface area contributed by atoms with Crippen molar-refractivity contribution in [2.45, 2.75) is 153 Å². The number of carbonyl (C=O) groups is 1. The number of aliphatic imine (C=N–C) groups is 1. The lowest BCUT2D eigenvalue weighted by Crippen LogP contribution is -2.70. The van der Waals surface area contributed by atoms with Crippen molar-refractivity contribution < 1.29 is 45.3 Å². The van der Waals surface area contributed by atoms with Gasteiger partial charge in [-0.25, -0.2) is 0 Å². The van der Waals surface area contributed by atoms with Crippen molar-refractivity contribution >= 4 is 11.5 Å². The van der Waals surface area contributed by atoms with Crippen molar-refractivity contribution in [2.75, 3.05) is 19.8 Å². The van der Waals surface area contributed by atoms with Gasteiger partial charge in [0.05, 0.1) is 54.5 Å². The molecule has 15 atom stereocenters. The highest BCUT2D eigenvalue weighted by atomic mass is 16.5. The molecule has 0 aromatic heterocycles. The molecular formula is C37H63NO9. The molecular weight excluding hydrogens is 602 g/mol. The number of hydrogen-bond acceptors (Lipinski definition) is 10. The molecule has 10 heteroatoms. The van der Waals surface area contributed by atoms with Crippen molar-refractivity contribution in [3.05, 3.63) is 0 Å². The largest absolute Gasteiger partial charge is 0.396 e. The molecule has 4 aliphatic carbocycles. The van der Waals surface area contributed by atoms with Crippen LogP contribution in [0.5, 0.6) is 0 Å². The minimum Gasteiger partial charge on any atom is -0.396 e. The molecule has 0 aromatic carbocycles. The minimum absolute atomic E-state index is 0.0155. The van der Waals surface area contributed by atoms with Crippen molar-refractivity contribution in [3.8, 4) is 0 Å². The van der Waals surface area contributed by atoms with Crippen LogP contribution in [0, 0.1) is 46.3 Å². The smallest absolute Gasteiger partial charge is 0.180 e. The minimum atomic E-state index is -1.66. The molecule has 0 aromatic rings. The molecule has 0 amide bonds. The van der Waals surface area contributed by atoms with Gasteiger partial charge in [0.2, 0.25) is 0 Å². The van der Waals surface area contributed by atoms with E-state index in [-0.39, 0.29) is 62.2 Å². The predicted octanol–water partition coefficient (Wildman–Crippen LogP) is 2.80. The number of hydrogen-bond donors (Lipinski definition) is 7. The SMILES string of the molecule is CCCCCCC1COC(C(O)C(C)(O)C2CCC3(O)C4C(=NCC(C)O)C(=O)C5CC(O)C(O)CC5(C)C4CCC23CCO)C1C. The molecule has 7 N–H and O–H groups in total. The lowest BCUT2D eigenvalue weighted by Gasteiger charge is -2.64. The van der Waals surface area contributed by atoms with E-state index in [0.717, 1.165) is 12.8 Å². The second kappa shape index (κ2) is 14.0. The lowest BCUT2D eigenvalue weighted by molar-refractivity contribution is -0.230. The standard InChI is InChI=1S/C37H63NO9/c1-6-7-8-9-10-23-20-47-32(22(23)3)33(44)35(5,45)28-12-14-37(46)29-24(11-13-36(28,37)15-16-39)34(4)18-27(42)26(41)17-25(34)31(43)30(29)38-19-21(2)40/h21-29,32-33,39-42,44-46H,6-20H2,1-5H3. The summed E-state index contributed by atoms with van der Waals surface area (Å²) in [4.78, 5) is 19.0. The molecule has 5 aliphatic rings. The number of aliphatic hydroxyl groups excluding tert-OH is 5. The predicted molar refractivity (Wildman–Crippen MR) is 178 cm³/mol. The van der Waals surface area contributed by atoms with E-state index < -0.39 is 70.3 Å². The Kier molecular flexibility index (Phi) is 11.1. The molecule has 1 heterocycles. The van der Waals surface area contributed by atoms with E-state index >= 15 is 0 Å². The van der Waals surface area contributed by atoms with Gasteiger partial charge in [0.25, 0.3) is 0 Å². The lowest BCUT2D eigenvalue weighted by atomic mass is 9.41. The van der Waals surface area contributed by atoms with E-state index in [9.17, 15) is 40.5 Å². The first-order valence-electron chi connectivity index (χ1n) is 18.6. The average molecular weight is 666 g/mol. The van der Waals surface area contributed by atoms with Crippen molar-refractivity contribution in [3.63, 3.8) is 0 Å². The molecule has 1 aliphatic heterocycles. The second-order valence-corrected chi connectivity index (χ2v) is 16.8. The summed E-state index contributed by atoms with van der Waals surface area (Å²) in [6.45, 7) is 9.79. The molecule has 15 unspecified atom stereocenters. The average Bonchev–Trinajstić information content (AvgIpc) is 3.53. The first-order chi connectivity index (χ1) is 22.1. The number of nitrogens with zero attached hydrogens (tertiary/aromatic N) is 1. The molecule has 0 radical (unpaired) electrons. The highest BCUT2D eigenvalue weighted by Crippen LogP contribution is 2.70. The molecule has 10 nitrogen and oxygen atoms in total. The zero-order valence-electron chi connectivity index (χ0n) is 29.4. The molecule has 47 heavy (non-hydrogen) atoms. The molecule has 5 rings (SSSR count). The number of fused-ring (bicyclic) bond motifs is 5. The molecule has 1 saturated heterocycles. The number of ether oxygens (including phenoxy) is 1. The maximum Gasteiger partial charge on any atom is 0.180 e. The van der Waals surface area contributed by atoms with Crippen molar-refractivity contribution in [1.29, 1.82) is 0 Å². The Morgan fingerprint density at radius 2 is 1.83 bits per heavy atom. The summed E-state index contributed by atoms with van der Waals surface area (Å²) < 4.78 is 6.21. The van der Waals surface area contributed by atoms with Crippen LogP contribution in [-0.2, 0) is 9.53 Å². The first-order valence-corrected chi connectivity index (χ1v) is 18.6. The fraction of sp³-hybridized carbons (Fsp3) is 0.946. The third kappa shape index (κ3) is 6.08. The van der Waals surface area contributed by atoms with Crippen LogP contribution in [0.1, 0.15) is 112 Å². The Labute approximate surface area is 281 Å². The Bertz CT molecular complexity index is 1140. The Morgan fingerprint density at radius 3 is 2.49 bits per heavy atom. The first kappa shape index (κ1) is 37.3. The number of carbonyl (C=O) groups excluding carboxylic acids is 1. The van der Waals surface area contributed by atoms with Gasteiger partial charge >= 0.3 is 0 Å². The van der Waals surface area contributed by atoms with Crippen LogP contribution in [0.15, 0.2) is 4.99 Å². The maximum absolute atomic E-state index is 14.3. The van der Waals surface area contributed by atoms with Gasteiger partial charge in [0.1, 0.15) is 6.10 Å². The summed E-state index contributed by atoms with van der Waals surface area (Å²) in [5.74, 6) is -2.10. The summed E-state index contributed by atoms with van der Waals surface area (Å²) in [5, 5.41) is 79.6. The summed E-state index contributed by atoms with van der Waals surface area (Å²) >= 11 is 0. The monoisotopic (exact) mass is 665 g/mol. The summed E-state index contributed by atoms with van der Waals surface area (Å²) in [6, 6.07) is 0. The third-order valence-corrected chi connectivity index (χ3v) is 14.1. The fourth-order valence-corrected chi connectivity index (χ4v) is 11.5. The van der Waals surface area contributed by atoms with E-state index in [4.69, 9.17) is 4.74 Å². The molecule has 4 saturated carbocycles.